The van der Waals surface area contributed by atoms with Gasteiger partial charge in [-0.25, -0.2) is 0 Å². The van der Waals surface area contributed by atoms with Gasteiger partial charge in [-0.1, -0.05) is 0 Å². The van der Waals surface area contributed by atoms with E-state index >= 15 is 0 Å². The maximum atomic E-state index is 1.50. The van der Waals surface area contributed by atoms with Crippen molar-refractivity contribution in [2.75, 3.05) is 52.4 Å². The highest BCUT2D eigenvalue weighted by atomic mass is 35.5. The van der Waals surface area contributed by atoms with Crippen LogP contribution in [0.25, 0.3) is 0 Å². The first-order valence-electron chi connectivity index (χ1n) is 7.53. The van der Waals surface area contributed by atoms with Crippen LogP contribution < -0.4 is 24.8 Å². The molecule has 2 spiro atoms. The molecule has 18 heavy (non-hydrogen) atoms. The fourth-order valence-electron chi connectivity index (χ4n) is 4.33. The smallest absolute Gasteiger partial charge is 0.129 e. The molecule has 0 aromatic heterocycles. The Labute approximate surface area is 125 Å². The van der Waals surface area contributed by atoms with Crippen LogP contribution in [0.3, 0.4) is 0 Å². The molecule has 3 aliphatic heterocycles. The highest BCUT2D eigenvalue weighted by Gasteiger charge is 2.42. The fourth-order valence-corrected chi connectivity index (χ4v) is 4.33. The van der Waals surface area contributed by atoms with E-state index in [0.29, 0.717) is 0 Å². The second-order valence-electron chi connectivity index (χ2n) is 6.59. The molecule has 0 bridgehead atoms. The average molecular weight is 295 g/mol. The largest absolute Gasteiger partial charge is 1.00 e. The molecule has 3 fully saturated rings. The lowest BCUT2D eigenvalue weighted by atomic mass is 10.0. The normalized spacial score (nSPS) is 29.3. The van der Waals surface area contributed by atoms with Gasteiger partial charge in [-0.2, -0.15) is 0 Å². The van der Waals surface area contributed by atoms with Crippen LogP contribution in [0, 0.1) is 0 Å². The van der Waals surface area contributed by atoms with Crippen LogP contribution in [0.15, 0.2) is 0 Å². The van der Waals surface area contributed by atoms with Gasteiger partial charge >= 0.3 is 0 Å². The first-order valence-corrected chi connectivity index (χ1v) is 7.53. The van der Waals surface area contributed by atoms with E-state index in [2.05, 4.69) is 0 Å². The van der Waals surface area contributed by atoms with Crippen LogP contribution in [0.4, 0.5) is 0 Å². The Kier molecular flexibility index (Phi) is 6.24. The van der Waals surface area contributed by atoms with Crippen molar-refractivity contribution in [3.63, 3.8) is 0 Å². The Hall–Kier alpha value is 0.500. The van der Waals surface area contributed by atoms with E-state index in [-0.39, 0.29) is 24.8 Å². The lowest BCUT2D eigenvalue weighted by Crippen LogP contribution is -3.00. The van der Waals surface area contributed by atoms with Gasteiger partial charge in [0.15, 0.2) is 0 Å². The quantitative estimate of drug-likeness (QED) is 0.400. The van der Waals surface area contributed by atoms with E-state index in [9.17, 15) is 0 Å². The molecular weight excluding hydrogens is 267 g/mol. The van der Waals surface area contributed by atoms with E-state index in [1.807, 2.05) is 0 Å². The summed E-state index contributed by atoms with van der Waals surface area (Å²) < 4.78 is 3.00. The number of hydrogen-bond acceptors (Lipinski definition) is 0. The summed E-state index contributed by atoms with van der Waals surface area (Å²) >= 11 is 0. The van der Waals surface area contributed by atoms with Crippen molar-refractivity contribution < 1.29 is 33.8 Å². The van der Waals surface area contributed by atoms with Crippen molar-refractivity contribution in [2.45, 2.75) is 38.5 Å². The van der Waals surface area contributed by atoms with E-state index in [0.717, 1.165) is 0 Å². The van der Waals surface area contributed by atoms with E-state index in [4.69, 9.17) is 0 Å². The molecule has 0 amide bonds. The number of hydrogen-bond donors (Lipinski definition) is 0. The molecule has 0 unspecified atom stereocenters. The number of halogens is 2. The topological polar surface area (TPSA) is 0 Å². The zero-order valence-electron chi connectivity index (χ0n) is 11.5. The van der Waals surface area contributed by atoms with Gasteiger partial charge in [0, 0.05) is 0 Å². The summed E-state index contributed by atoms with van der Waals surface area (Å²) in [5, 5.41) is 0. The summed E-state index contributed by atoms with van der Waals surface area (Å²) in [5.74, 6) is 0. The lowest BCUT2D eigenvalue weighted by molar-refractivity contribution is -1.03. The zero-order valence-corrected chi connectivity index (χ0v) is 13.1. The summed E-state index contributed by atoms with van der Waals surface area (Å²) in [6.07, 6.45) is 9.00. The van der Waals surface area contributed by atoms with Gasteiger partial charge in [-0.3, -0.25) is 0 Å². The standard InChI is InChI=1S/C14H28N2.2ClH/c1-3-7-15(8-4-1)11-13-16(14-12-15)9-5-2-6-10-16;;/h1-14H2;2*1H/q+2;;/p-2. The van der Waals surface area contributed by atoms with Crippen molar-refractivity contribution in [1.29, 1.82) is 0 Å². The molecule has 3 aliphatic rings. The molecule has 0 atom stereocenters. The molecule has 0 aromatic rings. The van der Waals surface area contributed by atoms with Crippen LogP contribution in [-0.4, -0.2) is 61.3 Å². The van der Waals surface area contributed by atoms with Gasteiger partial charge in [0.05, 0.1) is 26.2 Å². The van der Waals surface area contributed by atoms with E-state index < -0.39 is 0 Å². The van der Waals surface area contributed by atoms with E-state index in [1.165, 1.54) is 99.8 Å². The number of quaternary nitrogens is 2. The first-order chi connectivity index (χ1) is 7.83. The van der Waals surface area contributed by atoms with Gasteiger partial charge in [0.2, 0.25) is 0 Å². The summed E-state index contributed by atoms with van der Waals surface area (Å²) in [4.78, 5) is 0. The molecule has 0 radical (unpaired) electrons. The number of rotatable bonds is 0. The number of nitrogens with zero attached hydrogens (tertiary/aromatic N) is 2. The Bertz CT molecular complexity index is 208. The minimum absolute atomic E-state index is 0. The van der Waals surface area contributed by atoms with Gasteiger partial charge < -0.3 is 33.8 Å². The monoisotopic (exact) mass is 294 g/mol. The molecule has 0 N–H and O–H groups in total. The highest BCUT2D eigenvalue weighted by molar-refractivity contribution is 4.62. The molecule has 0 aromatic carbocycles. The van der Waals surface area contributed by atoms with Crippen LogP contribution >= 0.6 is 0 Å². The Morgan fingerprint density at radius 1 is 0.333 bits per heavy atom. The highest BCUT2D eigenvalue weighted by Crippen LogP contribution is 2.27. The maximum absolute atomic E-state index is 1.50. The third kappa shape index (κ3) is 3.33. The Morgan fingerprint density at radius 3 is 0.889 bits per heavy atom. The molecule has 2 nitrogen and oxygen atoms in total. The molecule has 3 rings (SSSR count). The molecule has 3 saturated heterocycles. The summed E-state index contributed by atoms with van der Waals surface area (Å²) in [5.41, 5.74) is 0. The minimum Gasteiger partial charge on any atom is -1.00 e. The summed E-state index contributed by atoms with van der Waals surface area (Å²) in [6, 6.07) is 0. The van der Waals surface area contributed by atoms with Crippen LogP contribution in [0.1, 0.15) is 38.5 Å². The first kappa shape index (κ1) is 16.6. The molecule has 3 heterocycles. The third-order valence-electron chi connectivity index (χ3n) is 5.63. The number of piperidine rings is 2. The van der Waals surface area contributed by atoms with Crippen molar-refractivity contribution in [1.82, 2.24) is 0 Å². The maximum Gasteiger partial charge on any atom is 0.129 e. The predicted molar refractivity (Wildman–Crippen MR) is 67.2 cm³/mol. The molecule has 108 valence electrons. The van der Waals surface area contributed by atoms with Crippen molar-refractivity contribution in [3.8, 4) is 0 Å². The Morgan fingerprint density at radius 2 is 0.611 bits per heavy atom. The molecule has 4 heteroatoms. The second-order valence-corrected chi connectivity index (χ2v) is 6.59. The Balaban J connectivity index is 0.000000810. The third-order valence-corrected chi connectivity index (χ3v) is 5.63. The second kappa shape index (κ2) is 6.78. The van der Waals surface area contributed by atoms with Crippen molar-refractivity contribution >= 4 is 0 Å². The van der Waals surface area contributed by atoms with Crippen molar-refractivity contribution in [2.24, 2.45) is 0 Å². The van der Waals surface area contributed by atoms with E-state index in [1.54, 1.807) is 0 Å². The summed E-state index contributed by atoms with van der Waals surface area (Å²) in [6.45, 7) is 12.0. The van der Waals surface area contributed by atoms with Gasteiger partial charge in [0.1, 0.15) is 26.2 Å². The predicted octanol–water partition coefficient (Wildman–Crippen LogP) is -3.99. The lowest BCUT2D eigenvalue weighted by Gasteiger charge is -2.52. The van der Waals surface area contributed by atoms with Crippen LogP contribution in [-0.2, 0) is 0 Å². The minimum atomic E-state index is 0. The molecule has 0 saturated carbocycles. The molecular formula is C14H28Cl2N2. The van der Waals surface area contributed by atoms with Gasteiger partial charge in [-0.15, -0.1) is 0 Å². The van der Waals surface area contributed by atoms with Crippen LogP contribution in [0.5, 0.6) is 0 Å². The fraction of sp³-hybridized carbons (Fsp3) is 1.00. The zero-order chi connectivity index (χ0) is 10.9. The van der Waals surface area contributed by atoms with Crippen LogP contribution in [0.2, 0.25) is 0 Å². The van der Waals surface area contributed by atoms with Gasteiger partial charge in [0.25, 0.3) is 0 Å². The van der Waals surface area contributed by atoms with Gasteiger partial charge in [-0.05, 0) is 38.5 Å². The average Bonchev–Trinajstić information content (AvgIpc) is 2.36. The molecule has 0 aliphatic carbocycles. The SMILES string of the molecule is C1CC[N+]2(CC1)CC[N+]1(CCCCC1)CC2.[Cl-].[Cl-]. The number of piperazine rings is 1. The summed E-state index contributed by atoms with van der Waals surface area (Å²) in [7, 11) is 0. The van der Waals surface area contributed by atoms with Crippen molar-refractivity contribution in [3.05, 3.63) is 0 Å².